The van der Waals surface area contributed by atoms with Crippen LogP contribution in [0, 0.1) is 23.7 Å². The second-order valence-corrected chi connectivity index (χ2v) is 6.42. The first-order valence-electron chi connectivity index (χ1n) is 6.96. The maximum Gasteiger partial charge on any atom is 0.0580 e. The standard InChI is InChI=1S/C14H27NO/c1-10-4-5-14(16)13(6-10)9-15-7-11(2)12(3)8-15/h10-14,16H,4-9H2,1-3H3. The number of hydrogen-bond donors (Lipinski definition) is 1. The first-order valence-corrected chi connectivity index (χ1v) is 6.96. The fraction of sp³-hybridized carbons (Fsp3) is 1.00. The van der Waals surface area contributed by atoms with Crippen LogP contribution in [0.3, 0.4) is 0 Å². The average molecular weight is 225 g/mol. The van der Waals surface area contributed by atoms with Crippen LogP contribution in [0.25, 0.3) is 0 Å². The summed E-state index contributed by atoms with van der Waals surface area (Å²) in [4.78, 5) is 2.57. The molecule has 2 fully saturated rings. The van der Waals surface area contributed by atoms with E-state index in [0.717, 1.165) is 30.7 Å². The Balaban J connectivity index is 1.84. The third kappa shape index (κ3) is 2.78. The molecular formula is C14H27NO. The fourth-order valence-electron chi connectivity index (χ4n) is 3.41. The molecule has 1 saturated heterocycles. The van der Waals surface area contributed by atoms with Crippen molar-refractivity contribution in [2.24, 2.45) is 23.7 Å². The van der Waals surface area contributed by atoms with Gasteiger partial charge in [-0.25, -0.2) is 0 Å². The van der Waals surface area contributed by atoms with E-state index in [2.05, 4.69) is 25.7 Å². The summed E-state index contributed by atoms with van der Waals surface area (Å²) in [7, 11) is 0. The van der Waals surface area contributed by atoms with Crippen molar-refractivity contribution in [2.45, 2.75) is 46.1 Å². The van der Waals surface area contributed by atoms with E-state index in [1.165, 1.54) is 25.9 Å². The lowest BCUT2D eigenvalue weighted by Crippen LogP contribution is -2.37. The minimum Gasteiger partial charge on any atom is -0.393 e. The number of hydrogen-bond acceptors (Lipinski definition) is 2. The van der Waals surface area contributed by atoms with E-state index in [9.17, 15) is 5.11 Å². The van der Waals surface area contributed by atoms with Gasteiger partial charge in [-0.2, -0.15) is 0 Å². The van der Waals surface area contributed by atoms with Crippen molar-refractivity contribution in [3.8, 4) is 0 Å². The molecule has 94 valence electrons. The molecule has 0 aromatic carbocycles. The lowest BCUT2D eigenvalue weighted by atomic mass is 9.80. The third-order valence-corrected chi connectivity index (χ3v) is 4.76. The second-order valence-electron chi connectivity index (χ2n) is 6.42. The molecule has 16 heavy (non-hydrogen) atoms. The Labute approximate surface area is 100 Å². The largest absolute Gasteiger partial charge is 0.393 e. The van der Waals surface area contributed by atoms with Gasteiger partial charge >= 0.3 is 0 Å². The lowest BCUT2D eigenvalue weighted by Gasteiger charge is -2.34. The van der Waals surface area contributed by atoms with Crippen LogP contribution < -0.4 is 0 Å². The van der Waals surface area contributed by atoms with E-state index in [0.29, 0.717) is 5.92 Å². The van der Waals surface area contributed by atoms with E-state index < -0.39 is 0 Å². The molecule has 0 aromatic rings. The first kappa shape index (κ1) is 12.4. The lowest BCUT2D eigenvalue weighted by molar-refractivity contribution is 0.0338. The number of nitrogens with zero attached hydrogens (tertiary/aromatic N) is 1. The molecule has 5 unspecified atom stereocenters. The summed E-state index contributed by atoms with van der Waals surface area (Å²) >= 11 is 0. The number of aliphatic hydroxyl groups excluding tert-OH is 1. The summed E-state index contributed by atoms with van der Waals surface area (Å²) in [6, 6.07) is 0. The quantitative estimate of drug-likeness (QED) is 0.780. The molecule has 0 amide bonds. The zero-order chi connectivity index (χ0) is 11.7. The van der Waals surface area contributed by atoms with Crippen LogP contribution in [-0.4, -0.2) is 35.7 Å². The molecule has 0 bridgehead atoms. The zero-order valence-electron chi connectivity index (χ0n) is 11.0. The highest BCUT2D eigenvalue weighted by Gasteiger charge is 2.32. The summed E-state index contributed by atoms with van der Waals surface area (Å²) < 4.78 is 0. The predicted molar refractivity (Wildman–Crippen MR) is 67.3 cm³/mol. The smallest absolute Gasteiger partial charge is 0.0580 e. The Morgan fingerprint density at radius 2 is 1.69 bits per heavy atom. The van der Waals surface area contributed by atoms with Gasteiger partial charge in [0.15, 0.2) is 0 Å². The third-order valence-electron chi connectivity index (χ3n) is 4.76. The molecule has 0 radical (unpaired) electrons. The van der Waals surface area contributed by atoms with Gasteiger partial charge < -0.3 is 10.0 Å². The highest BCUT2D eigenvalue weighted by Crippen LogP contribution is 2.31. The van der Waals surface area contributed by atoms with Crippen LogP contribution in [0.1, 0.15) is 40.0 Å². The van der Waals surface area contributed by atoms with Crippen molar-refractivity contribution in [3.63, 3.8) is 0 Å². The summed E-state index contributed by atoms with van der Waals surface area (Å²) in [5, 5.41) is 10.1. The van der Waals surface area contributed by atoms with E-state index >= 15 is 0 Å². The summed E-state index contributed by atoms with van der Waals surface area (Å²) in [5.41, 5.74) is 0. The number of rotatable bonds is 2. The monoisotopic (exact) mass is 225 g/mol. The van der Waals surface area contributed by atoms with Gasteiger partial charge in [-0.3, -0.25) is 0 Å². The molecule has 5 atom stereocenters. The topological polar surface area (TPSA) is 23.5 Å². The Kier molecular flexibility index (Phi) is 3.91. The predicted octanol–water partition coefficient (Wildman–Crippen LogP) is 2.37. The minimum atomic E-state index is -0.0394. The van der Waals surface area contributed by atoms with E-state index in [4.69, 9.17) is 0 Å². The van der Waals surface area contributed by atoms with Gasteiger partial charge in [0.05, 0.1) is 6.10 Å². The molecule has 0 spiro atoms. The van der Waals surface area contributed by atoms with Crippen LogP contribution >= 0.6 is 0 Å². The molecule has 2 aliphatic rings. The van der Waals surface area contributed by atoms with Crippen LogP contribution in [0.5, 0.6) is 0 Å². The van der Waals surface area contributed by atoms with Crippen molar-refractivity contribution >= 4 is 0 Å². The number of aliphatic hydroxyl groups is 1. The van der Waals surface area contributed by atoms with E-state index in [1.807, 2.05) is 0 Å². The summed E-state index contributed by atoms with van der Waals surface area (Å²) in [6.45, 7) is 10.6. The SMILES string of the molecule is CC1CCC(O)C(CN2CC(C)C(C)C2)C1. The van der Waals surface area contributed by atoms with Gasteiger partial charge in [0, 0.05) is 19.6 Å². The first-order chi connectivity index (χ1) is 7.56. The second kappa shape index (κ2) is 5.05. The maximum atomic E-state index is 10.1. The van der Waals surface area contributed by atoms with Gasteiger partial charge in [-0.15, -0.1) is 0 Å². The summed E-state index contributed by atoms with van der Waals surface area (Å²) in [6.07, 6.45) is 3.41. The van der Waals surface area contributed by atoms with Crippen molar-refractivity contribution in [1.29, 1.82) is 0 Å². The van der Waals surface area contributed by atoms with E-state index in [1.54, 1.807) is 0 Å². The van der Waals surface area contributed by atoms with Crippen LogP contribution in [-0.2, 0) is 0 Å². The van der Waals surface area contributed by atoms with Gasteiger partial charge in [-0.05, 0) is 42.9 Å². The van der Waals surface area contributed by atoms with Gasteiger partial charge in [0.25, 0.3) is 0 Å². The Morgan fingerprint density at radius 3 is 2.31 bits per heavy atom. The van der Waals surface area contributed by atoms with Crippen LogP contribution in [0.4, 0.5) is 0 Å². The van der Waals surface area contributed by atoms with Crippen LogP contribution in [0.2, 0.25) is 0 Å². The normalized spacial score (nSPS) is 46.1. The molecule has 1 saturated carbocycles. The average Bonchev–Trinajstić information content (AvgIpc) is 2.52. The number of likely N-dealkylation sites (tertiary alicyclic amines) is 1. The Bertz CT molecular complexity index is 221. The molecular weight excluding hydrogens is 198 g/mol. The maximum absolute atomic E-state index is 10.1. The van der Waals surface area contributed by atoms with E-state index in [-0.39, 0.29) is 6.10 Å². The van der Waals surface area contributed by atoms with Crippen LogP contribution in [0.15, 0.2) is 0 Å². The molecule has 2 heteroatoms. The fourth-order valence-corrected chi connectivity index (χ4v) is 3.41. The molecule has 1 aliphatic heterocycles. The summed E-state index contributed by atoms with van der Waals surface area (Å²) in [5.74, 6) is 3.00. The highest BCUT2D eigenvalue weighted by atomic mass is 16.3. The Morgan fingerprint density at radius 1 is 1.06 bits per heavy atom. The van der Waals surface area contributed by atoms with Crippen molar-refractivity contribution in [1.82, 2.24) is 4.90 Å². The molecule has 1 N–H and O–H groups in total. The molecule has 0 aromatic heterocycles. The molecule has 2 nitrogen and oxygen atoms in total. The molecule has 1 heterocycles. The molecule has 2 rings (SSSR count). The van der Waals surface area contributed by atoms with Gasteiger partial charge in [-0.1, -0.05) is 20.8 Å². The Hall–Kier alpha value is -0.0800. The van der Waals surface area contributed by atoms with Crippen molar-refractivity contribution in [2.75, 3.05) is 19.6 Å². The highest BCUT2D eigenvalue weighted by molar-refractivity contribution is 4.85. The van der Waals surface area contributed by atoms with Crippen molar-refractivity contribution in [3.05, 3.63) is 0 Å². The molecule has 1 aliphatic carbocycles. The minimum absolute atomic E-state index is 0.0394. The van der Waals surface area contributed by atoms with Gasteiger partial charge in [0.1, 0.15) is 0 Å². The van der Waals surface area contributed by atoms with Crippen molar-refractivity contribution < 1.29 is 5.11 Å². The zero-order valence-corrected chi connectivity index (χ0v) is 11.0. The van der Waals surface area contributed by atoms with Gasteiger partial charge in [0.2, 0.25) is 0 Å².